The second kappa shape index (κ2) is 9.09. The largest absolute Gasteiger partial charge is 0.352 e. The molecule has 0 aliphatic carbocycles. The van der Waals surface area contributed by atoms with Crippen molar-refractivity contribution in [3.63, 3.8) is 0 Å². The Kier molecular flexibility index (Phi) is 6.57. The molecule has 3 rings (SSSR count). The van der Waals surface area contributed by atoms with Gasteiger partial charge >= 0.3 is 0 Å². The number of hydroxylamine groups is 2. The van der Waals surface area contributed by atoms with E-state index in [9.17, 15) is 14.0 Å². The normalized spacial score (nSPS) is 21.0. The van der Waals surface area contributed by atoms with Gasteiger partial charge in [0.15, 0.2) is 0 Å². The van der Waals surface area contributed by atoms with Crippen LogP contribution < -0.4 is 5.32 Å². The number of nitrogens with zero attached hydrogens (tertiary/aromatic N) is 2. The molecule has 7 heteroatoms. The number of benzene rings is 1. The van der Waals surface area contributed by atoms with Crippen LogP contribution in [-0.2, 0) is 9.63 Å². The Labute approximate surface area is 153 Å². The van der Waals surface area contributed by atoms with Crippen LogP contribution in [0.3, 0.4) is 0 Å². The molecule has 0 spiro atoms. The van der Waals surface area contributed by atoms with Crippen molar-refractivity contribution in [2.24, 2.45) is 5.92 Å². The van der Waals surface area contributed by atoms with Gasteiger partial charge in [-0.15, -0.1) is 0 Å². The molecule has 2 aliphatic heterocycles. The molecule has 1 aromatic rings. The molecule has 0 bridgehead atoms. The maximum absolute atomic E-state index is 12.9. The van der Waals surface area contributed by atoms with E-state index in [2.05, 4.69) is 5.32 Å². The van der Waals surface area contributed by atoms with Gasteiger partial charge < -0.3 is 10.2 Å². The summed E-state index contributed by atoms with van der Waals surface area (Å²) in [6, 6.07) is 5.50. The lowest BCUT2D eigenvalue weighted by Crippen LogP contribution is -2.44. The minimum atomic E-state index is -0.359. The van der Waals surface area contributed by atoms with Gasteiger partial charge in [-0.05, 0) is 49.4 Å². The molecule has 0 unspecified atom stereocenters. The van der Waals surface area contributed by atoms with E-state index in [0.29, 0.717) is 31.6 Å². The highest BCUT2D eigenvalue weighted by Crippen LogP contribution is 2.17. The summed E-state index contributed by atoms with van der Waals surface area (Å²) in [6.45, 7) is 4.25. The van der Waals surface area contributed by atoms with E-state index >= 15 is 0 Å². The second-order valence-corrected chi connectivity index (χ2v) is 6.93. The first kappa shape index (κ1) is 18.8. The molecule has 0 aromatic heterocycles. The Morgan fingerprint density at radius 2 is 2.00 bits per heavy atom. The van der Waals surface area contributed by atoms with Crippen LogP contribution in [0.2, 0.25) is 0 Å². The number of carbonyl (C=O) groups excluding carboxylic acids is 2. The third-order valence-corrected chi connectivity index (χ3v) is 4.93. The van der Waals surface area contributed by atoms with Crippen LogP contribution in [0.4, 0.5) is 4.39 Å². The molecule has 2 aliphatic rings. The highest BCUT2D eigenvalue weighted by Gasteiger charge is 2.25. The summed E-state index contributed by atoms with van der Waals surface area (Å²) < 4.78 is 12.9. The van der Waals surface area contributed by atoms with Gasteiger partial charge in [-0.2, -0.15) is 5.06 Å². The van der Waals surface area contributed by atoms with Gasteiger partial charge in [0.1, 0.15) is 5.82 Å². The summed E-state index contributed by atoms with van der Waals surface area (Å²) in [4.78, 5) is 31.9. The van der Waals surface area contributed by atoms with Crippen LogP contribution >= 0.6 is 0 Å². The van der Waals surface area contributed by atoms with Crippen molar-refractivity contribution < 1.29 is 18.8 Å². The average Bonchev–Trinajstić information content (AvgIpc) is 3.18. The fraction of sp³-hybridized carbons (Fsp3) is 0.579. The fourth-order valence-corrected chi connectivity index (χ4v) is 3.45. The Morgan fingerprint density at radius 1 is 1.19 bits per heavy atom. The second-order valence-electron chi connectivity index (χ2n) is 6.93. The number of likely N-dealkylation sites (tertiary alicyclic amines) is 1. The van der Waals surface area contributed by atoms with Crippen molar-refractivity contribution in [3.05, 3.63) is 35.6 Å². The Hall–Kier alpha value is -1.99. The van der Waals surface area contributed by atoms with Crippen LogP contribution in [0.25, 0.3) is 0 Å². The minimum Gasteiger partial charge on any atom is -0.352 e. The van der Waals surface area contributed by atoms with E-state index < -0.39 is 0 Å². The molecule has 2 saturated heterocycles. The monoisotopic (exact) mass is 363 g/mol. The molecule has 2 fully saturated rings. The first-order valence-electron chi connectivity index (χ1n) is 9.31. The topological polar surface area (TPSA) is 61.9 Å². The standard InChI is InChI=1S/C19H26FN3O3/c20-17-6-4-16(5-7-17)19(25)21-13-15-3-1-9-22(14-15)18(24)8-11-23-10-2-12-26-23/h4-7,15H,1-3,8-14H2,(H,21,25)/t15-/m1/s1. The zero-order valence-corrected chi connectivity index (χ0v) is 15.0. The lowest BCUT2D eigenvalue weighted by Gasteiger charge is -2.33. The third-order valence-electron chi connectivity index (χ3n) is 4.93. The van der Waals surface area contributed by atoms with Crippen molar-refractivity contribution in [1.29, 1.82) is 0 Å². The van der Waals surface area contributed by atoms with E-state index in [4.69, 9.17) is 4.84 Å². The number of nitrogens with one attached hydrogen (secondary N) is 1. The van der Waals surface area contributed by atoms with Crippen molar-refractivity contribution in [1.82, 2.24) is 15.3 Å². The molecular formula is C19H26FN3O3. The smallest absolute Gasteiger partial charge is 0.251 e. The first-order chi connectivity index (χ1) is 12.6. The molecule has 1 N–H and O–H groups in total. The maximum Gasteiger partial charge on any atom is 0.251 e. The highest BCUT2D eigenvalue weighted by atomic mass is 19.1. The lowest BCUT2D eigenvalue weighted by molar-refractivity contribution is -0.140. The fourth-order valence-electron chi connectivity index (χ4n) is 3.45. The van der Waals surface area contributed by atoms with Crippen molar-refractivity contribution >= 4 is 11.8 Å². The van der Waals surface area contributed by atoms with Gasteiger partial charge in [-0.1, -0.05) is 0 Å². The van der Waals surface area contributed by atoms with E-state index in [1.54, 1.807) is 0 Å². The van der Waals surface area contributed by atoms with Crippen LogP contribution in [0.1, 0.15) is 36.0 Å². The lowest BCUT2D eigenvalue weighted by atomic mass is 9.97. The van der Waals surface area contributed by atoms with Gasteiger partial charge in [0.25, 0.3) is 5.91 Å². The number of hydrogen-bond donors (Lipinski definition) is 1. The summed E-state index contributed by atoms with van der Waals surface area (Å²) in [7, 11) is 0. The first-order valence-corrected chi connectivity index (χ1v) is 9.31. The molecule has 2 amide bonds. The predicted octanol–water partition coefficient (Wildman–Crippen LogP) is 1.82. The number of piperidine rings is 1. The molecule has 2 heterocycles. The van der Waals surface area contributed by atoms with Gasteiger partial charge in [0, 0.05) is 44.7 Å². The SMILES string of the molecule is O=C(NC[C@H]1CCCN(C(=O)CCN2CCCO2)C1)c1ccc(F)cc1. The van der Waals surface area contributed by atoms with E-state index in [-0.39, 0.29) is 23.5 Å². The Morgan fingerprint density at radius 3 is 2.73 bits per heavy atom. The molecule has 1 aromatic carbocycles. The minimum absolute atomic E-state index is 0.148. The molecule has 0 radical (unpaired) electrons. The molecule has 0 saturated carbocycles. The third kappa shape index (κ3) is 5.25. The van der Waals surface area contributed by atoms with Gasteiger partial charge in [-0.3, -0.25) is 14.4 Å². The number of carbonyl (C=O) groups is 2. The number of rotatable bonds is 6. The van der Waals surface area contributed by atoms with Crippen molar-refractivity contribution in [2.75, 3.05) is 39.3 Å². The molecular weight excluding hydrogens is 337 g/mol. The number of hydrogen-bond acceptors (Lipinski definition) is 4. The molecule has 6 nitrogen and oxygen atoms in total. The number of halogens is 1. The van der Waals surface area contributed by atoms with Gasteiger partial charge in [0.05, 0.1) is 6.61 Å². The van der Waals surface area contributed by atoms with Crippen LogP contribution in [0.15, 0.2) is 24.3 Å². The van der Waals surface area contributed by atoms with Crippen LogP contribution in [0, 0.1) is 11.7 Å². The Bertz CT molecular complexity index is 617. The van der Waals surface area contributed by atoms with Crippen molar-refractivity contribution in [2.45, 2.75) is 25.7 Å². The summed E-state index contributed by atoms with van der Waals surface area (Å²) in [5.41, 5.74) is 0.445. The summed E-state index contributed by atoms with van der Waals surface area (Å²) >= 11 is 0. The maximum atomic E-state index is 12.9. The summed E-state index contributed by atoms with van der Waals surface area (Å²) in [5, 5.41) is 4.76. The van der Waals surface area contributed by atoms with Gasteiger partial charge in [0.2, 0.25) is 5.91 Å². The Balaban J connectivity index is 1.41. The van der Waals surface area contributed by atoms with E-state index in [1.165, 1.54) is 24.3 Å². The number of amides is 2. The van der Waals surface area contributed by atoms with Crippen LogP contribution in [-0.4, -0.2) is 61.1 Å². The summed E-state index contributed by atoms with van der Waals surface area (Å²) in [6.07, 6.45) is 3.42. The highest BCUT2D eigenvalue weighted by molar-refractivity contribution is 5.94. The van der Waals surface area contributed by atoms with Crippen LogP contribution in [0.5, 0.6) is 0 Å². The van der Waals surface area contributed by atoms with E-state index in [1.807, 2.05) is 9.96 Å². The van der Waals surface area contributed by atoms with E-state index in [0.717, 1.165) is 39.0 Å². The summed E-state index contributed by atoms with van der Waals surface area (Å²) in [5.74, 6) is -0.169. The molecule has 142 valence electrons. The molecule has 1 atom stereocenters. The zero-order valence-electron chi connectivity index (χ0n) is 15.0. The predicted molar refractivity (Wildman–Crippen MR) is 94.8 cm³/mol. The molecule has 26 heavy (non-hydrogen) atoms. The van der Waals surface area contributed by atoms with Crippen molar-refractivity contribution in [3.8, 4) is 0 Å². The average molecular weight is 363 g/mol. The quantitative estimate of drug-likeness (QED) is 0.838. The zero-order chi connectivity index (χ0) is 18.4. The van der Waals surface area contributed by atoms with Gasteiger partial charge in [-0.25, -0.2) is 4.39 Å².